The lowest BCUT2D eigenvalue weighted by Gasteiger charge is -2.32. The first-order valence-electron chi connectivity index (χ1n) is 7.17. The summed E-state index contributed by atoms with van der Waals surface area (Å²) < 4.78 is 0. The van der Waals surface area contributed by atoms with Crippen LogP contribution in [0.4, 0.5) is 0 Å². The van der Waals surface area contributed by atoms with Gasteiger partial charge < -0.3 is 10.2 Å². The van der Waals surface area contributed by atoms with Crippen LogP contribution >= 0.6 is 24.0 Å². The smallest absolute Gasteiger partial charge is 0.193 e. The van der Waals surface area contributed by atoms with E-state index in [1.165, 1.54) is 12.8 Å². The molecule has 0 amide bonds. The van der Waals surface area contributed by atoms with E-state index in [0.29, 0.717) is 5.56 Å². The van der Waals surface area contributed by atoms with Crippen molar-refractivity contribution in [1.82, 2.24) is 10.2 Å². The van der Waals surface area contributed by atoms with Crippen LogP contribution in [0.3, 0.4) is 0 Å². The van der Waals surface area contributed by atoms with E-state index in [1.807, 2.05) is 31.3 Å². The van der Waals surface area contributed by atoms with Crippen molar-refractivity contribution in [2.24, 2.45) is 10.9 Å². The molecule has 0 spiro atoms. The van der Waals surface area contributed by atoms with Gasteiger partial charge in [-0.2, -0.15) is 5.26 Å². The van der Waals surface area contributed by atoms with Crippen molar-refractivity contribution in [1.29, 1.82) is 5.26 Å². The standard InChI is InChI=1S/C16H22N4.HI/c1-13-7-9-20(10-8-13)16(18-2)19-12-15-5-3-14(11-17)4-6-15;/h3-6,13H,7-10,12H2,1-2H3,(H,18,19);1H. The Bertz CT molecular complexity index is 496. The van der Waals surface area contributed by atoms with Gasteiger partial charge in [0.05, 0.1) is 11.6 Å². The molecule has 1 fully saturated rings. The molecule has 1 saturated heterocycles. The van der Waals surface area contributed by atoms with Crippen molar-refractivity contribution in [3.63, 3.8) is 0 Å². The van der Waals surface area contributed by atoms with Crippen molar-refractivity contribution in [3.8, 4) is 6.07 Å². The molecule has 114 valence electrons. The van der Waals surface area contributed by atoms with E-state index in [1.54, 1.807) is 0 Å². The van der Waals surface area contributed by atoms with E-state index < -0.39 is 0 Å². The zero-order valence-electron chi connectivity index (χ0n) is 12.7. The molecule has 0 unspecified atom stereocenters. The highest BCUT2D eigenvalue weighted by atomic mass is 127. The van der Waals surface area contributed by atoms with Crippen LogP contribution < -0.4 is 5.32 Å². The largest absolute Gasteiger partial charge is 0.352 e. The average Bonchev–Trinajstić information content (AvgIpc) is 2.50. The Morgan fingerprint density at radius 1 is 1.33 bits per heavy atom. The molecule has 0 bridgehead atoms. The molecule has 0 aliphatic carbocycles. The van der Waals surface area contributed by atoms with Crippen molar-refractivity contribution >= 4 is 29.9 Å². The fourth-order valence-corrected chi connectivity index (χ4v) is 2.43. The number of nitriles is 1. The molecule has 1 heterocycles. The third kappa shape index (κ3) is 5.20. The number of hydrogen-bond acceptors (Lipinski definition) is 2. The number of guanidine groups is 1. The summed E-state index contributed by atoms with van der Waals surface area (Å²) in [6.07, 6.45) is 2.47. The average molecular weight is 398 g/mol. The SMILES string of the molecule is CN=C(NCc1ccc(C#N)cc1)N1CCC(C)CC1.I. The lowest BCUT2D eigenvalue weighted by atomic mass is 9.99. The van der Waals surface area contributed by atoms with Gasteiger partial charge in [-0.05, 0) is 36.5 Å². The molecule has 5 heteroatoms. The summed E-state index contributed by atoms with van der Waals surface area (Å²) >= 11 is 0. The Balaban J connectivity index is 0.00000220. The number of benzene rings is 1. The summed E-state index contributed by atoms with van der Waals surface area (Å²) in [4.78, 5) is 6.69. The van der Waals surface area contributed by atoms with Crippen LogP contribution in [0.25, 0.3) is 0 Å². The number of nitrogens with zero attached hydrogens (tertiary/aromatic N) is 3. The third-order valence-electron chi connectivity index (χ3n) is 3.83. The molecule has 1 N–H and O–H groups in total. The maximum atomic E-state index is 8.78. The fourth-order valence-electron chi connectivity index (χ4n) is 2.43. The zero-order valence-corrected chi connectivity index (χ0v) is 15.0. The maximum Gasteiger partial charge on any atom is 0.193 e. The number of likely N-dealkylation sites (tertiary alicyclic amines) is 1. The van der Waals surface area contributed by atoms with E-state index in [9.17, 15) is 0 Å². The molecule has 0 saturated carbocycles. The third-order valence-corrected chi connectivity index (χ3v) is 3.83. The summed E-state index contributed by atoms with van der Waals surface area (Å²) in [6.45, 7) is 5.21. The van der Waals surface area contributed by atoms with Gasteiger partial charge in [-0.25, -0.2) is 0 Å². The second-order valence-corrected chi connectivity index (χ2v) is 5.38. The Labute approximate surface area is 144 Å². The molecule has 2 rings (SSSR count). The molecule has 1 aliphatic heterocycles. The number of nitrogens with one attached hydrogen (secondary N) is 1. The van der Waals surface area contributed by atoms with Crippen molar-refractivity contribution in [2.45, 2.75) is 26.3 Å². The monoisotopic (exact) mass is 398 g/mol. The van der Waals surface area contributed by atoms with Crippen molar-refractivity contribution in [2.75, 3.05) is 20.1 Å². The molecule has 0 radical (unpaired) electrons. The molecule has 1 aromatic rings. The van der Waals surface area contributed by atoms with Gasteiger partial charge in [-0.1, -0.05) is 19.1 Å². The van der Waals surface area contributed by atoms with Gasteiger partial charge in [-0.15, -0.1) is 24.0 Å². The predicted molar refractivity (Wildman–Crippen MR) is 96.7 cm³/mol. The topological polar surface area (TPSA) is 51.4 Å². The molecule has 4 nitrogen and oxygen atoms in total. The van der Waals surface area contributed by atoms with E-state index in [0.717, 1.165) is 37.1 Å². The quantitative estimate of drug-likeness (QED) is 0.474. The molecule has 1 aliphatic rings. The summed E-state index contributed by atoms with van der Waals surface area (Å²) in [5, 5.41) is 12.2. The molecule has 0 aromatic heterocycles. The molecular formula is C16H23IN4. The molecule has 0 atom stereocenters. The Morgan fingerprint density at radius 3 is 2.48 bits per heavy atom. The summed E-state index contributed by atoms with van der Waals surface area (Å²) in [5.41, 5.74) is 1.86. The fraction of sp³-hybridized carbons (Fsp3) is 0.500. The Kier molecular flexibility index (Phi) is 7.51. The summed E-state index contributed by atoms with van der Waals surface area (Å²) in [6, 6.07) is 9.80. The van der Waals surface area contributed by atoms with E-state index >= 15 is 0 Å². The number of rotatable bonds is 2. The van der Waals surface area contributed by atoms with Gasteiger partial charge in [0.15, 0.2) is 5.96 Å². The van der Waals surface area contributed by atoms with E-state index in [-0.39, 0.29) is 24.0 Å². The number of aliphatic imine (C=N–C) groups is 1. The second kappa shape index (κ2) is 8.88. The van der Waals surface area contributed by atoms with Gasteiger partial charge in [0, 0.05) is 26.7 Å². The van der Waals surface area contributed by atoms with Gasteiger partial charge in [0.25, 0.3) is 0 Å². The summed E-state index contributed by atoms with van der Waals surface area (Å²) in [7, 11) is 1.83. The van der Waals surface area contributed by atoms with Gasteiger partial charge in [0.1, 0.15) is 0 Å². The minimum atomic E-state index is 0. The maximum absolute atomic E-state index is 8.78. The summed E-state index contributed by atoms with van der Waals surface area (Å²) in [5.74, 6) is 1.80. The van der Waals surface area contributed by atoms with Crippen LogP contribution in [0.1, 0.15) is 30.9 Å². The van der Waals surface area contributed by atoms with Gasteiger partial charge in [0.2, 0.25) is 0 Å². The highest BCUT2D eigenvalue weighted by molar-refractivity contribution is 14.0. The van der Waals surface area contributed by atoms with E-state index in [2.05, 4.69) is 28.2 Å². The molecular weight excluding hydrogens is 375 g/mol. The van der Waals surface area contributed by atoms with Crippen LogP contribution in [0, 0.1) is 17.2 Å². The van der Waals surface area contributed by atoms with Crippen LogP contribution in [0.2, 0.25) is 0 Å². The van der Waals surface area contributed by atoms with Crippen molar-refractivity contribution < 1.29 is 0 Å². The zero-order chi connectivity index (χ0) is 14.4. The number of halogens is 1. The number of hydrogen-bond donors (Lipinski definition) is 1. The Hall–Kier alpha value is -1.29. The lowest BCUT2D eigenvalue weighted by Crippen LogP contribution is -2.45. The highest BCUT2D eigenvalue weighted by Crippen LogP contribution is 2.16. The molecule has 21 heavy (non-hydrogen) atoms. The second-order valence-electron chi connectivity index (χ2n) is 5.38. The Morgan fingerprint density at radius 2 is 1.95 bits per heavy atom. The highest BCUT2D eigenvalue weighted by Gasteiger charge is 2.18. The molecule has 1 aromatic carbocycles. The minimum Gasteiger partial charge on any atom is -0.352 e. The van der Waals surface area contributed by atoms with Crippen LogP contribution in [0.15, 0.2) is 29.3 Å². The van der Waals surface area contributed by atoms with Gasteiger partial charge in [-0.3, -0.25) is 4.99 Å². The van der Waals surface area contributed by atoms with Crippen LogP contribution in [0.5, 0.6) is 0 Å². The predicted octanol–water partition coefficient (Wildman–Crippen LogP) is 2.98. The van der Waals surface area contributed by atoms with Gasteiger partial charge >= 0.3 is 0 Å². The van der Waals surface area contributed by atoms with Crippen LogP contribution in [-0.2, 0) is 6.54 Å². The normalized spacial score (nSPS) is 16.0. The van der Waals surface area contributed by atoms with Crippen molar-refractivity contribution in [3.05, 3.63) is 35.4 Å². The first-order valence-corrected chi connectivity index (χ1v) is 7.17. The number of piperidine rings is 1. The van der Waals surface area contributed by atoms with Crippen LogP contribution in [-0.4, -0.2) is 31.0 Å². The lowest BCUT2D eigenvalue weighted by molar-refractivity contribution is 0.273. The first kappa shape index (κ1) is 17.8. The minimum absolute atomic E-state index is 0. The first-order chi connectivity index (χ1) is 9.72. The van der Waals surface area contributed by atoms with E-state index in [4.69, 9.17) is 5.26 Å².